The second kappa shape index (κ2) is 6.20. The summed E-state index contributed by atoms with van der Waals surface area (Å²) in [5.41, 5.74) is 6.46. The second-order valence-electron chi connectivity index (χ2n) is 7.11. The van der Waals surface area contributed by atoms with E-state index in [9.17, 15) is 14.7 Å². The minimum atomic E-state index is -0.979. The van der Waals surface area contributed by atoms with Gasteiger partial charge in [0, 0.05) is 4.75 Å². The second-order valence-corrected chi connectivity index (χ2v) is 8.88. The summed E-state index contributed by atoms with van der Waals surface area (Å²) in [6, 6.07) is 4.25. The fourth-order valence-corrected chi connectivity index (χ4v) is 5.22. The molecule has 2 saturated heterocycles. The van der Waals surface area contributed by atoms with E-state index >= 15 is 0 Å². The Kier molecular flexibility index (Phi) is 4.07. The van der Waals surface area contributed by atoms with Gasteiger partial charge in [0.05, 0.1) is 0 Å². The van der Waals surface area contributed by atoms with E-state index in [4.69, 9.17) is 5.73 Å². The molecular weight excluding hydrogens is 370 g/mol. The number of hydrogen-bond donors (Lipinski definition) is 4. The first-order valence-electron chi connectivity index (χ1n) is 8.38. The smallest absolute Gasteiger partial charge is 0.249 e. The molecule has 0 saturated carbocycles. The van der Waals surface area contributed by atoms with E-state index in [1.54, 1.807) is 28.8 Å². The van der Waals surface area contributed by atoms with E-state index in [0.29, 0.717) is 11.4 Å². The number of fused-ring (bicyclic) bond motifs is 1. The highest BCUT2D eigenvalue weighted by atomic mass is 32.2. The number of hydrogen-bond acceptors (Lipinski definition) is 8. The number of nitrogens with two attached hydrogens (primary N) is 1. The highest BCUT2D eigenvalue weighted by Crippen LogP contribution is 2.56. The molecule has 0 spiro atoms. The lowest BCUT2D eigenvalue weighted by atomic mass is 9.95. The zero-order valence-corrected chi connectivity index (χ0v) is 15.5. The van der Waals surface area contributed by atoms with Crippen molar-refractivity contribution in [3.63, 3.8) is 0 Å². The average Bonchev–Trinajstić information content (AvgIpc) is 3.23. The third kappa shape index (κ3) is 2.82. The molecule has 4 atom stereocenters. The Balaban J connectivity index is 1.49. The third-order valence-electron chi connectivity index (χ3n) is 4.87. The molecule has 27 heavy (non-hydrogen) atoms. The summed E-state index contributed by atoms with van der Waals surface area (Å²) in [4.78, 5) is 26.9. The van der Waals surface area contributed by atoms with Crippen LogP contribution in [0.3, 0.4) is 0 Å². The van der Waals surface area contributed by atoms with Crippen LogP contribution >= 0.6 is 11.8 Å². The summed E-state index contributed by atoms with van der Waals surface area (Å²) in [5, 5.41) is 26.0. The molecule has 3 heterocycles. The Morgan fingerprint density at radius 1 is 1.48 bits per heavy atom. The van der Waals surface area contributed by atoms with Gasteiger partial charge in [-0.1, -0.05) is 12.1 Å². The summed E-state index contributed by atoms with van der Waals surface area (Å²) >= 11 is 1.58. The molecule has 1 aromatic heterocycles. The first-order valence-corrected chi connectivity index (χ1v) is 9.26. The van der Waals surface area contributed by atoms with Crippen molar-refractivity contribution in [1.29, 1.82) is 0 Å². The van der Waals surface area contributed by atoms with Crippen molar-refractivity contribution in [3.8, 4) is 5.75 Å². The first kappa shape index (κ1) is 17.7. The number of tetrazole rings is 1. The number of phenols is 1. The van der Waals surface area contributed by atoms with Crippen LogP contribution in [-0.4, -0.2) is 58.6 Å². The number of benzene rings is 1. The van der Waals surface area contributed by atoms with Crippen LogP contribution in [0.4, 0.5) is 0 Å². The number of thioether (sulfide) groups is 1. The summed E-state index contributed by atoms with van der Waals surface area (Å²) in [5.74, 6) is -0.124. The fraction of sp³-hybridized carbons (Fsp3) is 0.438. The number of amides is 2. The molecule has 142 valence electrons. The van der Waals surface area contributed by atoms with Crippen LogP contribution in [-0.2, 0) is 9.59 Å². The predicted molar refractivity (Wildman–Crippen MR) is 96.2 cm³/mol. The summed E-state index contributed by atoms with van der Waals surface area (Å²) in [7, 11) is 0. The van der Waals surface area contributed by atoms with Gasteiger partial charge in [-0.3, -0.25) is 9.59 Å². The number of carbonyl (C=O) groups excluding carboxylic acids is 2. The van der Waals surface area contributed by atoms with Gasteiger partial charge in [-0.15, -0.1) is 16.9 Å². The Hall–Kier alpha value is -2.66. The Labute approximate surface area is 158 Å². The minimum absolute atomic E-state index is 0.0262. The molecule has 2 aliphatic rings. The molecule has 10 nitrogen and oxygen atoms in total. The SMILES string of the molecule is CC1(C)S[C@H]2C(NC(=O)C(N)c3cccc(O)c3)C(=O)N2C1c1nnn[nH]1. The summed E-state index contributed by atoms with van der Waals surface area (Å²) in [6.45, 7) is 4.02. The van der Waals surface area contributed by atoms with Crippen molar-refractivity contribution < 1.29 is 14.7 Å². The van der Waals surface area contributed by atoms with Gasteiger partial charge in [0.2, 0.25) is 11.8 Å². The quantitative estimate of drug-likeness (QED) is 0.526. The van der Waals surface area contributed by atoms with E-state index in [0.717, 1.165) is 0 Å². The van der Waals surface area contributed by atoms with Gasteiger partial charge in [-0.25, -0.2) is 5.10 Å². The van der Waals surface area contributed by atoms with Crippen LogP contribution in [0.2, 0.25) is 0 Å². The van der Waals surface area contributed by atoms with Gasteiger partial charge in [-0.05, 0) is 42.0 Å². The maximum Gasteiger partial charge on any atom is 0.249 e. The molecule has 2 aromatic rings. The average molecular weight is 389 g/mol. The van der Waals surface area contributed by atoms with Crippen LogP contribution in [0.15, 0.2) is 24.3 Å². The molecular formula is C16H19N7O3S. The van der Waals surface area contributed by atoms with E-state index in [2.05, 4.69) is 25.9 Å². The molecule has 2 amide bonds. The highest BCUT2D eigenvalue weighted by molar-refractivity contribution is 8.01. The molecule has 1 aromatic carbocycles. The Morgan fingerprint density at radius 2 is 2.26 bits per heavy atom. The standard InChI is InChI=1S/C16H19N7O3S/c1-16(2)11(12-19-21-22-20-12)23-14(26)10(15(23)27-16)18-13(25)9(17)7-4-3-5-8(24)6-7/h3-6,9-11,15,24H,17H2,1-2H3,(H,18,25)(H,19,20,21,22)/t9?,10?,11?,15-/m0/s1. The highest BCUT2D eigenvalue weighted by Gasteiger charge is 2.63. The lowest BCUT2D eigenvalue weighted by Crippen LogP contribution is -2.68. The zero-order valence-electron chi connectivity index (χ0n) is 14.7. The number of H-pyrrole nitrogens is 1. The maximum atomic E-state index is 12.7. The molecule has 4 rings (SSSR count). The summed E-state index contributed by atoms with van der Waals surface area (Å²) < 4.78 is -0.325. The fourth-order valence-electron chi connectivity index (χ4n) is 3.59. The zero-order chi connectivity index (χ0) is 19.3. The Bertz CT molecular complexity index is 888. The van der Waals surface area contributed by atoms with Gasteiger partial charge in [-0.2, -0.15) is 0 Å². The number of phenolic OH excluding ortho intramolecular Hbond substituents is 1. The topological polar surface area (TPSA) is 150 Å². The van der Waals surface area contributed by atoms with Crippen LogP contribution < -0.4 is 11.1 Å². The van der Waals surface area contributed by atoms with Crippen LogP contribution in [0.5, 0.6) is 5.75 Å². The van der Waals surface area contributed by atoms with Crippen molar-refractivity contribution >= 4 is 23.6 Å². The number of aromatic nitrogens is 4. The summed E-state index contributed by atoms with van der Waals surface area (Å²) in [6.07, 6.45) is 0. The van der Waals surface area contributed by atoms with Crippen LogP contribution in [0.25, 0.3) is 0 Å². The lowest BCUT2D eigenvalue weighted by Gasteiger charge is -2.44. The molecule has 2 fully saturated rings. The van der Waals surface area contributed by atoms with E-state index in [-0.39, 0.29) is 27.8 Å². The molecule has 0 radical (unpaired) electrons. The first-order chi connectivity index (χ1) is 12.8. The number of aromatic hydroxyl groups is 1. The predicted octanol–water partition coefficient (Wildman–Crippen LogP) is -0.175. The molecule has 0 bridgehead atoms. The number of aromatic amines is 1. The number of nitrogens with one attached hydrogen (secondary N) is 2. The number of rotatable bonds is 4. The van der Waals surface area contributed by atoms with Gasteiger partial charge >= 0.3 is 0 Å². The van der Waals surface area contributed by atoms with Crippen LogP contribution in [0.1, 0.15) is 37.3 Å². The van der Waals surface area contributed by atoms with Crippen molar-refractivity contribution in [2.45, 2.75) is 42.1 Å². The van der Waals surface area contributed by atoms with Crippen molar-refractivity contribution in [1.82, 2.24) is 30.8 Å². The monoisotopic (exact) mass is 389 g/mol. The van der Waals surface area contributed by atoms with E-state index < -0.39 is 18.0 Å². The lowest BCUT2D eigenvalue weighted by molar-refractivity contribution is -0.152. The number of β-lactam (4-membered cyclic amide) rings is 1. The number of carbonyl (C=O) groups is 2. The van der Waals surface area contributed by atoms with Gasteiger partial charge in [0.1, 0.15) is 29.2 Å². The maximum absolute atomic E-state index is 12.7. The third-order valence-corrected chi connectivity index (χ3v) is 6.44. The van der Waals surface area contributed by atoms with E-state index in [1.807, 2.05) is 13.8 Å². The van der Waals surface area contributed by atoms with Crippen molar-refractivity contribution in [2.24, 2.45) is 5.73 Å². The molecule has 5 N–H and O–H groups in total. The van der Waals surface area contributed by atoms with Crippen molar-refractivity contribution in [3.05, 3.63) is 35.7 Å². The number of nitrogens with zero attached hydrogens (tertiary/aromatic N) is 4. The molecule has 2 aliphatic heterocycles. The van der Waals surface area contributed by atoms with E-state index in [1.165, 1.54) is 12.1 Å². The van der Waals surface area contributed by atoms with Gasteiger partial charge in [0.15, 0.2) is 5.82 Å². The molecule has 11 heteroatoms. The Morgan fingerprint density at radius 3 is 2.93 bits per heavy atom. The molecule has 3 unspecified atom stereocenters. The van der Waals surface area contributed by atoms with Gasteiger partial charge < -0.3 is 21.1 Å². The minimum Gasteiger partial charge on any atom is -0.508 e. The normalized spacial score (nSPS) is 27.0. The van der Waals surface area contributed by atoms with Gasteiger partial charge in [0.25, 0.3) is 0 Å². The van der Waals surface area contributed by atoms with Crippen molar-refractivity contribution in [2.75, 3.05) is 0 Å². The largest absolute Gasteiger partial charge is 0.508 e. The molecule has 0 aliphatic carbocycles. The van der Waals surface area contributed by atoms with Crippen LogP contribution in [0, 0.1) is 0 Å².